The van der Waals surface area contributed by atoms with Gasteiger partial charge >= 0.3 is 5.97 Å². The van der Waals surface area contributed by atoms with Gasteiger partial charge < -0.3 is 9.84 Å². The number of nitrogens with zero attached hydrogens (tertiary/aromatic N) is 1. The number of nitrogens with one attached hydrogen (secondary N) is 1. The Morgan fingerprint density at radius 2 is 2.08 bits per heavy atom. The van der Waals surface area contributed by atoms with Crippen molar-refractivity contribution < 1.29 is 24.2 Å². The van der Waals surface area contributed by atoms with E-state index >= 15 is 0 Å². The third-order valence-electron chi connectivity index (χ3n) is 3.07. The number of thiocarbonyl (C=S) groups is 1. The fourth-order valence-corrected chi connectivity index (χ4v) is 2.27. The van der Waals surface area contributed by atoms with Crippen LogP contribution in [-0.2, 0) is 14.4 Å². The van der Waals surface area contributed by atoms with Crippen molar-refractivity contribution in [2.45, 2.75) is 0 Å². The molecule has 1 aromatic carbocycles. The van der Waals surface area contributed by atoms with Crippen LogP contribution in [0.5, 0.6) is 5.75 Å². The van der Waals surface area contributed by atoms with Crippen molar-refractivity contribution in [2.75, 3.05) is 13.2 Å². The van der Waals surface area contributed by atoms with E-state index in [1.807, 2.05) is 0 Å². The van der Waals surface area contributed by atoms with Crippen molar-refractivity contribution in [3.05, 3.63) is 48.1 Å². The topological polar surface area (TPSA) is 95.9 Å². The molecule has 2 N–H and O–H groups in total. The summed E-state index contributed by atoms with van der Waals surface area (Å²) < 4.78 is 5.16. The lowest BCUT2D eigenvalue weighted by Crippen LogP contribution is -2.53. The molecule has 0 unspecified atom stereocenters. The summed E-state index contributed by atoms with van der Waals surface area (Å²) in [6.07, 6.45) is 2.83. The zero-order valence-electron chi connectivity index (χ0n) is 12.5. The van der Waals surface area contributed by atoms with Crippen LogP contribution in [0.1, 0.15) is 5.56 Å². The number of carboxylic acids is 1. The molecule has 0 radical (unpaired) electrons. The molecule has 24 heavy (non-hydrogen) atoms. The highest BCUT2D eigenvalue weighted by Gasteiger charge is 2.32. The van der Waals surface area contributed by atoms with Gasteiger partial charge in [0.05, 0.1) is 0 Å². The van der Waals surface area contributed by atoms with Crippen LogP contribution in [0.25, 0.3) is 6.08 Å². The predicted molar refractivity (Wildman–Crippen MR) is 90.2 cm³/mol. The lowest BCUT2D eigenvalue weighted by atomic mass is 10.1. The molecule has 0 aromatic heterocycles. The van der Waals surface area contributed by atoms with Gasteiger partial charge in [0.1, 0.15) is 11.3 Å². The lowest BCUT2D eigenvalue weighted by molar-refractivity contribution is -0.139. The van der Waals surface area contributed by atoms with E-state index in [9.17, 15) is 14.4 Å². The molecule has 0 aliphatic carbocycles. The molecule has 2 rings (SSSR count). The van der Waals surface area contributed by atoms with Crippen LogP contribution in [0.2, 0.25) is 0 Å². The van der Waals surface area contributed by atoms with Crippen LogP contribution < -0.4 is 10.1 Å². The predicted octanol–water partition coefficient (Wildman–Crippen LogP) is 0.963. The fourth-order valence-electron chi connectivity index (χ4n) is 2.02. The molecule has 2 amide bonds. The van der Waals surface area contributed by atoms with Gasteiger partial charge in [0.25, 0.3) is 11.8 Å². The van der Waals surface area contributed by atoms with Gasteiger partial charge in [0, 0.05) is 12.1 Å². The average Bonchev–Trinajstić information content (AvgIpc) is 2.54. The Morgan fingerprint density at radius 1 is 1.38 bits per heavy atom. The number of aliphatic carboxylic acids is 1. The van der Waals surface area contributed by atoms with Crippen molar-refractivity contribution >= 4 is 41.2 Å². The SMILES string of the molecule is C=CCN1C(=O)C(=Cc2ccccc2OCC(=O)O)C(=O)NC1=S. The highest BCUT2D eigenvalue weighted by atomic mass is 32.1. The van der Waals surface area contributed by atoms with E-state index in [2.05, 4.69) is 11.9 Å². The number of hydrogen-bond acceptors (Lipinski definition) is 5. The Hall–Kier alpha value is -3.00. The van der Waals surface area contributed by atoms with Gasteiger partial charge in [-0.25, -0.2) is 4.79 Å². The maximum atomic E-state index is 12.4. The van der Waals surface area contributed by atoms with Gasteiger partial charge in [-0.3, -0.25) is 19.8 Å². The van der Waals surface area contributed by atoms with Crippen LogP contribution in [0.4, 0.5) is 0 Å². The van der Waals surface area contributed by atoms with Gasteiger partial charge in [-0.05, 0) is 24.4 Å². The molecule has 1 heterocycles. The number of amides is 2. The van der Waals surface area contributed by atoms with Crippen LogP contribution in [0, 0.1) is 0 Å². The zero-order chi connectivity index (χ0) is 17.7. The van der Waals surface area contributed by atoms with Gasteiger partial charge in [0.2, 0.25) is 0 Å². The second-order valence-electron chi connectivity index (χ2n) is 4.74. The van der Waals surface area contributed by atoms with E-state index in [0.717, 1.165) is 0 Å². The Labute approximate surface area is 143 Å². The summed E-state index contributed by atoms with van der Waals surface area (Å²) in [6, 6.07) is 6.49. The molecular formula is C16H14N2O5S. The maximum absolute atomic E-state index is 12.4. The minimum atomic E-state index is -1.13. The third-order valence-corrected chi connectivity index (χ3v) is 3.39. The Balaban J connectivity index is 2.37. The highest BCUT2D eigenvalue weighted by Crippen LogP contribution is 2.23. The first-order valence-corrected chi connectivity index (χ1v) is 7.28. The molecule has 0 atom stereocenters. The van der Waals surface area contributed by atoms with Crippen molar-refractivity contribution in [2.24, 2.45) is 0 Å². The maximum Gasteiger partial charge on any atom is 0.341 e. The Morgan fingerprint density at radius 3 is 2.75 bits per heavy atom. The van der Waals surface area contributed by atoms with Crippen molar-refractivity contribution in [1.82, 2.24) is 10.2 Å². The molecule has 0 spiro atoms. The van der Waals surface area contributed by atoms with Gasteiger partial charge in [-0.1, -0.05) is 24.3 Å². The van der Waals surface area contributed by atoms with Crippen LogP contribution in [0.3, 0.4) is 0 Å². The summed E-state index contributed by atoms with van der Waals surface area (Å²) in [5, 5.41) is 11.1. The van der Waals surface area contributed by atoms with Crippen LogP contribution in [0.15, 0.2) is 42.5 Å². The first kappa shape index (κ1) is 17.4. The summed E-state index contributed by atoms with van der Waals surface area (Å²) in [7, 11) is 0. The summed E-state index contributed by atoms with van der Waals surface area (Å²) in [6.45, 7) is 3.17. The molecule has 1 saturated heterocycles. The molecule has 8 heteroatoms. The second kappa shape index (κ2) is 7.51. The van der Waals surface area contributed by atoms with E-state index < -0.39 is 24.4 Å². The molecule has 0 bridgehead atoms. The van der Waals surface area contributed by atoms with Gasteiger partial charge in [-0.2, -0.15) is 0 Å². The zero-order valence-corrected chi connectivity index (χ0v) is 13.3. The number of carboxylic acid groups (broad SMARTS) is 1. The summed E-state index contributed by atoms with van der Waals surface area (Å²) >= 11 is 4.97. The second-order valence-corrected chi connectivity index (χ2v) is 5.13. The van der Waals surface area contributed by atoms with Crippen molar-refractivity contribution in [1.29, 1.82) is 0 Å². The highest BCUT2D eigenvalue weighted by molar-refractivity contribution is 7.80. The lowest BCUT2D eigenvalue weighted by Gasteiger charge is -2.27. The number of ether oxygens (including phenoxy) is 1. The van der Waals surface area contributed by atoms with Crippen LogP contribution >= 0.6 is 12.2 Å². The fraction of sp³-hybridized carbons (Fsp3) is 0.125. The summed E-state index contributed by atoms with van der Waals surface area (Å²) in [5.74, 6) is -2.07. The normalized spacial score (nSPS) is 16.1. The standard InChI is InChI=1S/C16H14N2O5S/c1-2-7-18-15(22)11(14(21)17-16(18)24)8-10-5-3-4-6-12(10)23-9-13(19)20/h2-6,8H,1,7,9H2,(H,19,20)(H,17,21,24). The first-order chi connectivity index (χ1) is 11.4. The average molecular weight is 346 g/mol. The third kappa shape index (κ3) is 3.85. The van der Waals surface area contributed by atoms with Gasteiger partial charge in [0.15, 0.2) is 11.7 Å². The molecule has 1 fully saturated rings. The van der Waals surface area contributed by atoms with E-state index in [1.54, 1.807) is 24.3 Å². The monoisotopic (exact) mass is 346 g/mol. The summed E-state index contributed by atoms with van der Waals surface area (Å²) in [4.78, 5) is 36.4. The van der Waals surface area contributed by atoms with E-state index in [1.165, 1.54) is 17.1 Å². The van der Waals surface area contributed by atoms with E-state index in [4.69, 9.17) is 22.1 Å². The number of para-hydroxylation sites is 1. The molecule has 1 aromatic rings. The number of carbonyl (C=O) groups is 3. The van der Waals surface area contributed by atoms with Crippen molar-refractivity contribution in [3.8, 4) is 5.75 Å². The number of hydrogen-bond donors (Lipinski definition) is 2. The summed E-state index contributed by atoms with van der Waals surface area (Å²) in [5.41, 5.74) is 0.278. The molecule has 1 aliphatic rings. The molecular weight excluding hydrogens is 332 g/mol. The van der Waals surface area contributed by atoms with Crippen LogP contribution in [-0.4, -0.2) is 46.1 Å². The Kier molecular flexibility index (Phi) is 5.43. The minimum Gasteiger partial charge on any atom is -0.481 e. The van der Waals surface area contributed by atoms with Crippen molar-refractivity contribution in [3.63, 3.8) is 0 Å². The number of carbonyl (C=O) groups excluding carboxylic acids is 2. The largest absolute Gasteiger partial charge is 0.481 e. The Bertz CT molecular complexity index is 757. The molecule has 124 valence electrons. The molecule has 0 saturated carbocycles. The molecule has 1 aliphatic heterocycles. The van der Waals surface area contributed by atoms with E-state index in [0.29, 0.717) is 5.56 Å². The minimum absolute atomic E-state index is 0.0115. The quantitative estimate of drug-likeness (QED) is 0.345. The number of rotatable bonds is 6. The van der Waals surface area contributed by atoms with E-state index in [-0.39, 0.29) is 23.0 Å². The number of benzene rings is 1. The smallest absolute Gasteiger partial charge is 0.341 e. The molecule has 7 nitrogen and oxygen atoms in total. The first-order valence-electron chi connectivity index (χ1n) is 6.87. The van der Waals surface area contributed by atoms with Gasteiger partial charge in [-0.15, -0.1) is 6.58 Å².